The Balaban J connectivity index is 0.00000364. The van der Waals surface area contributed by atoms with Gasteiger partial charge in [0.15, 0.2) is 5.96 Å². The average Bonchev–Trinajstić information content (AvgIpc) is 3.31. The lowest BCUT2D eigenvalue weighted by Crippen LogP contribution is -2.45. The Morgan fingerprint density at radius 2 is 2.30 bits per heavy atom. The van der Waals surface area contributed by atoms with Gasteiger partial charge in [0.1, 0.15) is 12.3 Å². The lowest BCUT2D eigenvalue weighted by atomic mass is 10.3. The predicted octanol–water partition coefficient (Wildman–Crippen LogP) is 1.26. The molecule has 0 spiro atoms. The second-order valence-electron chi connectivity index (χ2n) is 6.57. The van der Waals surface area contributed by atoms with Gasteiger partial charge in [-0.1, -0.05) is 0 Å². The van der Waals surface area contributed by atoms with Crippen molar-refractivity contribution in [1.29, 1.82) is 0 Å². The van der Waals surface area contributed by atoms with Crippen LogP contribution in [0.4, 0.5) is 0 Å². The van der Waals surface area contributed by atoms with E-state index in [2.05, 4.69) is 15.6 Å². The minimum absolute atomic E-state index is 0. The van der Waals surface area contributed by atoms with E-state index in [1.165, 1.54) is 4.90 Å². The maximum absolute atomic E-state index is 11.8. The Bertz CT molecular complexity index is 560. The number of carbonyl (C=O) groups is 1. The molecule has 1 aromatic rings. The molecule has 1 aliphatic rings. The zero-order chi connectivity index (χ0) is 18.8. The van der Waals surface area contributed by atoms with E-state index in [4.69, 9.17) is 13.9 Å². The molecule has 0 saturated carbocycles. The fourth-order valence-corrected chi connectivity index (χ4v) is 2.40. The van der Waals surface area contributed by atoms with Gasteiger partial charge in [0.05, 0.1) is 25.6 Å². The number of aliphatic imine (C=N–C) groups is 1. The number of nitrogens with zero attached hydrogens (tertiary/aromatic N) is 2. The molecule has 0 aromatic carbocycles. The van der Waals surface area contributed by atoms with Crippen molar-refractivity contribution in [3.63, 3.8) is 0 Å². The van der Waals surface area contributed by atoms with Crippen LogP contribution in [0.1, 0.15) is 19.1 Å². The van der Waals surface area contributed by atoms with Crippen molar-refractivity contribution in [2.45, 2.75) is 31.9 Å². The molecule has 1 amide bonds. The van der Waals surface area contributed by atoms with E-state index < -0.39 is 0 Å². The molecule has 1 aromatic heterocycles. The molecule has 0 aliphatic carbocycles. The van der Waals surface area contributed by atoms with Gasteiger partial charge in [-0.2, -0.15) is 0 Å². The van der Waals surface area contributed by atoms with Crippen molar-refractivity contribution < 1.29 is 18.7 Å². The van der Waals surface area contributed by atoms with Gasteiger partial charge in [-0.3, -0.25) is 4.79 Å². The quantitative estimate of drug-likeness (QED) is 0.306. The molecule has 1 saturated heterocycles. The number of amides is 1. The van der Waals surface area contributed by atoms with Crippen LogP contribution in [0.25, 0.3) is 0 Å². The first kappa shape index (κ1) is 23.7. The Morgan fingerprint density at radius 3 is 2.93 bits per heavy atom. The number of ether oxygens (including phenoxy) is 2. The first-order chi connectivity index (χ1) is 12.5. The zero-order valence-electron chi connectivity index (χ0n) is 16.3. The fourth-order valence-electron chi connectivity index (χ4n) is 2.40. The van der Waals surface area contributed by atoms with Crippen molar-refractivity contribution in [3.05, 3.63) is 24.2 Å². The topological polar surface area (TPSA) is 88.3 Å². The second-order valence-corrected chi connectivity index (χ2v) is 6.57. The summed E-state index contributed by atoms with van der Waals surface area (Å²) in [6.45, 7) is 4.74. The normalized spacial score (nSPS) is 17.9. The number of nitrogens with one attached hydrogen (secondary N) is 2. The summed E-state index contributed by atoms with van der Waals surface area (Å²) in [6, 6.07) is 3.85. The number of likely N-dealkylation sites (N-methyl/N-ethyl adjacent to an activating group) is 1. The van der Waals surface area contributed by atoms with Crippen LogP contribution in [0.2, 0.25) is 0 Å². The molecular weight excluding hydrogens is 463 g/mol. The molecule has 9 heteroatoms. The van der Waals surface area contributed by atoms with Gasteiger partial charge in [-0.05, 0) is 25.5 Å². The van der Waals surface area contributed by atoms with E-state index in [9.17, 15) is 4.79 Å². The smallest absolute Gasteiger partial charge is 0.243 e. The molecule has 0 bridgehead atoms. The van der Waals surface area contributed by atoms with Crippen LogP contribution in [-0.2, 0) is 20.7 Å². The Morgan fingerprint density at radius 1 is 1.48 bits per heavy atom. The monoisotopic (exact) mass is 494 g/mol. The molecule has 1 fully saturated rings. The molecule has 2 rings (SSSR count). The van der Waals surface area contributed by atoms with E-state index in [0.717, 1.165) is 25.2 Å². The van der Waals surface area contributed by atoms with E-state index in [0.29, 0.717) is 25.7 Å². The van der Waals surface area contributed by atoms with E-state index in [1.54, 1.807) is 20.4 Å². The van der Waals surface area contributed by atoms with Gasteiger partial charge in [0, 0.05) is 39.7 Å². The van der Waals surface area contributed by atoms with E-state index in [-0.39, 0.29) is 48.6 Å². The van der Waals surface area contributed by atoms with Crippen LogP contribution < -0.4 is 10.6 Å². The molecule has 2 heterocycles. The maximum atomic E-state index is 11.8. The molecule has 8 nitrogen and oxygen atoms in total. The molecule has 27 heavy (non-hydrogen) atoms. The number of carbonyl (C=O) groups excluding carboxylic acids is 1. The minimum Gasteiger partial charge on any atom is -0.469 e. The molecule has 2 unspecified atom stereocenters. The van der Waals surface area contributed by atoms with Gasteiger partial charge in [-0.25, -0.2) is 4.99 Å². The fraction of sp³-hybridized carbons (Fsp3) is 0.667. The minimum atomic E-state index is -0.0517. The average molecular weight is 494 g/mol. The third kappa shape index (κ3) is 9.43. The number of hydrogen-bond donors (Lipinski definition) is 2. The van der Waals surface area contributed by atoms with Crippen LogP contribution in [0.5, 0.6) is 0 Å². The molecular formula is C18H31IN4O4. The highest BCUT2D eigenvalue weighted by Gasteiger charge is 2.17. The summed E-state index contributed by atoms with van der Waals surface area (Å²) in [5.74, 6) is 1.44. The predicted molar refractivity (Wildman–Crippen MR) is 115 cm³/mol. The van der Waals surface area contributed by atoms with Crippen LogP contribution >= 0.6 is 24.0 Å². The van der Waals surface area contributed by atoms with Crippen LogP contribution in [0.3, 0.4) is 0 Å². The van der Waals surface area contributed by atoms with Crippen molar-refractivity contribution in [1.82, 2.24) is 15.5 Å². The second kappa shape index (κ2) is 12.9. The summed E-state index contributed by atoms with van der Waals surface area (Å²) in [5, 5.41) is 6.53. The first-order valence-electron chi connectivity index (χ1n) is 9.01. The number of hydrogen-bond acceptors (Lipinski definition) is 5. The summed E-state index contributed by atoms with van der Waals surface area (Å²) in [5.41, 5.74) is 0. The molecule has 2 atom stereocenters. The molecule has 154 valence electrons. The molecule has 1 aliphatic heterocycles. The Labute approximate surface area is 178 Å². The maximum Gasteiger partial charge on any atom is 0.243 e. The van der Waals surface area contributed by atoms with Crippen LogP contribution in [-0.4, -0.2) is 75.9 Å². The third-order valence-electron chi connectivity index (χ3n) is 3.97. The van der Waals surface area contributed by atoms with Crippen molar-refractivity contribution in [2.24, 2.45) is 4.99 Å². The molecule has 2 N–H and O–H groups in total. The van der Waals surface area contributed by atoms with Gasteiger partial charge in [0.25, 0.3) is 0 Å². The summed E-state index contributed by atoms with van der Waals surface area (Å²) in [6.07, 6.45) is 3.50. The number of rotatable bonds is 9. The highest BCUT2D eigenvalue weighted by Crippen LogP contribution is 2.08. The lowest BCUT2D eigenvalue weighted by Gasteiger charge is -2.20. The highest BCUT2D eigenvalue weighted by atomic mass is 127. The van der Waals surface area contributed by atoms with Crippen molar-refractivity contribution in [3.8, 4) is 0 Å². The zero-order valence-corrected chi connectivity index (χ0v) is 18.6. The van der Waals surface area contributed by atoms with Crippen LogP contribution in [0, 0.1) is 0 Å². The largest absolute Gasteiger partial charge is 0.469 e. The number of furan rings is 1. The van der Waals surface area contributed by atoms with Crippen LogP contribution in [0.15, 0.2) is 27.8 Å². The number of guanidine groups is 1. The van der Waals surface area contributed by atoms with E-state index in [1.807, 2.05) is 19.1 Å². The van der Waals surface area contributed by atoms with Crippen molar-refractivity contribution >= 4 is 35.8 Å². The van der Waals surface area contributed by atoms with Gasteiger partial charge in [-0.15, -0.1) is 24.0 Å². The SMILES string of the molecule is CC(COC1CCOC1)NC(=NCC(=O)N(C)C)NCCc1ccco1.I. The Kier molecular flexibility index (Phi) is 11.4. The Hall–Kier alpha value is -1.33. The van der Waals surface area contributed by atoms with Crippen molar-refractivity contribution in [2.75, 3.05) is 47.0 Å². The van der Waals surface area contributed by atoms with E-state index >= 15 is 0 Å². The van der Waals surface area contributed by atoms with Gasteiger partial charge >= 0.3 is 0 Å². The summed E-state index contributed by atoms with van der Waals surface area (Å²) < 4.78 is 16.5. The first-order valence-corrected chi connectivity index (χ1v) is 9.01. The third-order valence-corrected chi connectivity index (χ3v) is 3.97. The highest BCUT2D eigenvalue weighted by molar-refractivity contribution is 14.0. The molecule has 0 radical (unpaired) electrons. The number of halogens is 1. The summed E-state index contributed by atoms with van der Waals surface area (Å²) in [7, 11) is 3.44. The summed E-state index contributed by atoms with van der Waals surface area (Å²) >= 11 is 0. The summed E-state index contributed by atoms with van der Waals surface area (Å²) in [4.78, 5) is 17.7. The standard InChI is InChI=1S/C18H30N4O4.HI/c1-14(12-26-16-7-10-24-13-16)21-18(20-11-17(23)22(2)3)19-8-6-15-5-4-9-25-15;/h4-5,9,14,16H,6-8,10-13H2,1-3H3,(H2,19,20,21);1H. The van der Waals surface area contributed by atoms with Gasteiger partial charge in [0.2, 0.25) is 5.91 Å². The lowest BCUT2D eigenvalue weighted by molar-refractivity contribution is -0.127. The van der Waals surface area contributed by atoms with Gasteiger partial charge < -0.3 is 29.4 Å².